The Hall–Kier alpha value is -1.67. The van der Waals surface area contributed by atoms with Gasteiger partial charge in [0.05, 0.1) is 12.1 Å². The number of nitrogens with zero attached hydrogens (tertiary/aromatic N) is 1. The summed E-state index contributed by atoms with van der Waals surface area (Å²) in [6.45, 7) is 0.591. The van der Waals surface area contributed by atoms with Gasteiger partial charge in [0.2, 0.25) is 6.08 Å². The summed E-state index contributed by atoms with van der Waals surface area (Å²) in [5, 5.41) is 0. The molecule has 0 radical (unpaired) electrons. The van der Waals surface area contributed by atoms with Crippen LogP contribution in [0.2, 0.25) is 0 Å². The van der Waals surface area contributed by atoms with E-state index in [1.165, 1.54) is 25.3 Å². The zero-order valence-electron chi connectivity index (χ0n) is 10.7. The minimum Gasteiger partial charge on any atom is -0.490 e. The Morgan fingerprint density at radius 3 is 2.74 bits per heavy atom. The van der Waals surface area contributed by atoms with Crippen LogP contribution in [0.15, 0.2) is 23.2 Å². The third-order valence-electron chi connectivity index (χ3n) is 4.15. The molecule has 3 nitrogen and oxygen atoms in total. The molecule has 0 unspecified atom stereocenters. The Balaban J connectivity index is 1.72. The summed E-state index contributed by atoms with van der Waals surface area (Å²) in [5.41, 5.74) is 0.221. The molecule has 0 bridgehead atoms. The zero-order valence-corrected chi connectivity index (χ0v) is 10.7. The van der Waals surface area contributed by atoms with E-state index in [0.717, 1.165) is 18.4 Å². The lowest BCUT2D eigenvalue weighted by Crippen LogP contribution is -2.19. The van der Waals surface area contributed by atoms with Crippen molar-refractivity contribution in [1.29, 1.82) is 0 Å². The molecule has 0 aromatic heterocycles. The average molecular weight is 261 g/mol. The van der Waals surface area contributed by atoms with Gasteiger partial charge in [-0.05, 0) is 49.3 Å². The molecule has 100 valence electrons. The number of isocyanates is 1. The Morgan fingerprint density at radius 2 is 2.21 bits per heavy atom. The highest BCUT2D eigenvalue weighted by Crippen LogP contribution is 2.49. The maximum Gasteiger partial charge on any atom is 0.235 e. The predicted octanol–water partition coefficient (Wildman–Crippen LogP) is 3.33. The number of halogens is 1. The van der Waals surface area contributed by atoms with E-state index in [1.54, 1.807) is 18.2 Å². The van der Waals surface area contributed by atoms with Gasteiger partial charge in [-0.15, -0.1) is 0 Å². The predicted molar refractivity (Wildman–Crippen MR) is 68.3 cm³/mol. The number of aliphatic imine (C=N–C) groups is 1. The molecule has 0 heterocycles. The van der Waals surface area contributed by atoms with Gasteiger partial charge in [-0.25, -0.2) is 9.18 Å². The van der Waals surface area contributed by atoms with E-state index >= 15 is 0 Å². The van der Waals surface area contributed by atoms with Gasteiger partial charge in [-0.1, -0.05) is 12.5 Å². The highest BCUT2D eigenvalue weighted by Gasteiger charge is 2.45. The van der Waals surface area contributed by atoms with E-state index in [0.29, 0.717) is 18.3 Å². The Bertz CT molecular complexity index is 529. The molecule has 0 N–H and O–H groups in total. The third kappa shape index (κ3) is 2.41. The van der Waals surface area contributed by atoms with Crippen LogP contribution in [0.1, 0.15) is 37.7 Å². The van der Waals surface area contributed by atoms with Crippen molar-refractivity contribution in [3.05, 3.63) is 29.6 Å². The number of hydrogen-bond donors (Lipinski definition) is 0. The largest absolute Gasteiger partial charge is 0.490 e. The molecule has 2 fully saturated rings. The summed E-state index contributed by atoms with van der Waals surface area (Å²) in [4.78, 5) is 14.2. The molecule has 0 spiro atoms. The van der Waals surface area contributed by atoms with Gasteiger partial charge < -0.3 is 4.74 Å². The average Bonchev–Trinajstić information content (AvgIpc) is 3.10. The van der Waals surface area contributed by atoms with E-state index in [-0.39, 0.29) is 5.82 Å². The van der Waals surface area contributed by atoms with Crippen molar-refractivity contribution < 1.29 is 13.9 Å². The summed E-state index contributed by atoms with van der Waals surface area (Å²) in [6, 6.07) is 4.88. The van der Waals surface area contributed by atoms with Gasteiger partial charge in [0.25, 0.3) is 0 Å². The smallest absolute Gasteiger partial charge is 0.235 e. The summed E-state index contributed by atoms with van der Waals surface area (Å²) in [7, 11) is 0. The highest BCUT2D eigenvalue weighted by atomic mass is 19.1. The summed E-state index contributed by atoms with van der Waals surface area (Å²) in [5.74, 6) is 0.499. The fourth-order valence-corrected chi connectivity index (χ4v) is 2.45. The maximum absolute atomic E-state index is 14.0. The van der Waals surface area contributed by atoms with Crippen molar-refractivity contribution in [2.75, 3.05) is 6.61 Å². The Kier molecular flexibility index (Phi) is 3.11. The summed E-state index contributed by atoms with van der Waals surface area (Å²) >= 11 is 0. The molecule has 19 heavy (non-hydrogen) atoms. The fourth-order valence-electron chi connectivity index (χ4n) is 2.45. The van der Waals surface area contributed by atoms with Crippen molar-refractivity contribution in [2.24, 2.45) is 10.9 Å². The van der Waals surface area contributed by atoms with Crippen LogP contribution in [0.3, 0.4) is 0 Å². The minimum absolute atomic E-state index is 0.293. The molecule has 0 saturated heterocycles. The van der Waals surface area contributed by atoms with Gasteiger partial charge in [-0.2, -0.15) is 4.99 Å². The van der Waals surface area contributed by atoms with Crippen molar-refractivity contribution in [1.82, 2.24) is 0 Å². The summed E-state index contributed by atoms with van der Waals surface area (Å²) in [6.07, 6.45) is 6.75. The quantitative estimate of drug-likeness (QED) is 0.602. The number of ether oxygens (including phenoxy) is 1. The standard InChI is InChI=1S/C15H16FNO2/c16-13-8-12(15(6-7-15)17-10-18)4-5-14(13)19-9-11-2-1-3-11/h4-5,8,11H,1-3,6-7,9H2. The molecule has 1 aromatic rings. The van der Waals surface area contributed by atoms with Gasteiger partial charge in [0.15, 0.2) is 11.6 Å². The van der Waals surface area contributed by atoms with Crippen molar-refractivity contribution in [2.45, 2.75) is 37.6 Å². The maximum atomic E-state index is 14.0. The molecular formula is C15H16FNO2. The van der Waals surface area contributed by atoms with Crippen molar-refractivity contribution >= 4 is 6.08 Å². The monoisotopic (exact) mass is 261 g/mol. The van der Waals surface area contributed by atoms with E-state index in [2.05, 4.69) is 4.99 Å². The number of carbonyl (C=O) groups excluding carboxylic acids is 1. The molecular weight excluding hydrogens is 245 g/mol. The molecule has 4 heteroatoms. The normalized spacial score (nSPS) is 20.3. The van der Waals surface area contributed by atoms with E-state index in [1.807, 2.05) is 0 Å². The second-order valence-electron chi connectivity index (χ2n) is 5.49. The van der Waals surface area contributed by atoms with E-state index in [9.17, 15) is 9.18 Å². The number of hydrogen-bond acceptors (Lipinski definition) is 3. The van der Waals surface area contributed by atoms with Crippen LogP contribution in [0, 0.1) is 11.7 Å². The van der Waals surface area contributed by atoms with E-state index < -0.39 is 5.54 Å². The van der Waals surface area contributed by atoms with Gasteiger partial charge in [0.1, 0.15) is 0 Å². The first kappa shape index (κ1) is 12.4. The minimum atomic E-state index is -0.519. The van der Waals surface area contributed by atoms with Crippen LogP contribution in [0.25, 0.3) is 0 Å². The molecule has 0 atom stereocenters. The Morgan fingerprint density at radius 1 is 1.42 bits per heavy atom. The molecule has 3 rings (SSSR count). The van der Waals surface area contributed by atoms with Crippen molar-refractivity contribution in [3.8, 4) is 5.75 Å². The lowest BCUT2D eigenvalue weighted by Gasteiger charge is -2.25. The topological polar surface area (TPSA) is 38.7 Å². The highest BCUT2D eigenvalue weighted by molar-refractivity contribution is 5.43. The molecule has 2 aliphatic rings. The van der Waals surface area contributed by atoms with Crippen LogP contribution in [-0.2, 0) is 10.3 Å². The van der Waals surface area contributed by atoms with Crippen LogP contribution < -0.4 is 4.74 Å². The molecule has 0 aliphatic heterocycles. The molecule has 2 saturated carbocycles. The summed E-state index contributed by atoms with van der Waals surface area (Å²) < 4.78 is 19.5. The van der Waals surface area contributed by atoms with Gasteiger partial charge in [-0.3, -0.25) is 0 Å². The first-order chi connectivity index (χ1) is 9.23. The Labute approximate surface area is 111 Å². The molecule has 1 aromatic carbocycles. The molecule has 0 amide bonds. The first-order valence-electron chi connectivity index (χ1n) is 6.75. The third-order valence-corrected chi connectivity index (χ3v) is 4.15. The van der Waals surface area contributed by atoms with Crippen molar-refractivity contribution in [3.63, 3.8) is 0 Å². The van der Waals surface area contributed by atoms with Gasteiger partial charge in [0, 0.05) is 0 Å². The number of rotatable bonds is 5. The van der Waals surface area contributed by atoms with Crippen LogP contribution in [0.5, 0.6) is 5.75 Å². The second-order valence-corrected chi connectivity index (χ2v) is 5.49. The first-order valence-corrected chi connectivity index (χ1v) is 6.75. The molecule has 2 aliphatic carbocycles. The van der Waals surface area contributed by atoms with E-state index in [4.69, 9.17) is 4.74 Å². The number of benzene rings is 1. The van der Waals surface area contributed by atoms with Crippen LogP contribution in [-0.4, -0.2) is 12.7 Å². The fraction of sp³-hybridized carbons (Fsp3) is 0.533. The van der Waals surface area contributed by atoms with Crippen LogP contribution in [0.4, 0.5) is 4.39 Å². The SMILES string of the molecule is O=C=NC1(c2ccc(OCC3CCC3)c(F)c2)CC1. The lowest BCUT2D eigenvalue weighted by atomic mass is 9.86. The van der Waals surface area contributed by atoms with Gasteiger partial charge >= 0.3 is 0 Å². The zero-order chi connectivity index (χ0) is 13.3. The second kappa shape index (κ2) is 4.78. The lowest BCUT2D eigenvalue weighted by molar-refractivity contribution is 0.175. The van der Waals surface area contributed by atoms with Crippen LogP contribution >= 0.6 is 0 Å².